The Morgan fingerprint density at radius 2 is 1.17 bits per heavy atom. The van der Waals surface area contributed by atoms with Crippen LogP contribution in [-0.2, 0) is 0 Å². The maximum absolute atomic E-state index is 6.62. The number of benzene rings is 7. The molecule has 0 N–H and O–H groups in total. The number of fused-ring (bicyclic) bond motifs is 7. The Bertz CT molecular complexity index is 3100. The maximum atomic E-state index is 6.62. The van der Waals surface area contributed by atoms with Crippen molar-refractivity contribution in [2.45, 2.75) is 6.92 Å². The molecule has 3 heterocycles. The zero-order valence-corrected chi connectivity index (χ0v) is 28.9. The van der Waals surface area contributed by atoms with E-state index in [1.165, 1.54) is 5.39 Å². The van der Waals surface area contributed by atoms with Gasteiger partial charge in [-0.05, 0) is 58.7 Å². The van der Waals surface area contributed by atoms with E-state index >= 15 is 0 Å². The molecule has 0 saturated carbocycles. The summed E-state index contributed by atoms with van der Waals surface area (Å²) >= 11 is 0. The van der Waals surface area contributed by atoms with Gasteiger partial charge >= 0.3 is 0 Å². The molecule has 7 aromatic carbocycles. The molecule has 10 aromatic rings. The van der Waals surface area contributed by atoms with E-state index in [4.69, 9.17) is 23.8 Å². The van der Waals surface area contributed by atoms with Gasteiger partial charge in [0.2, 0.25) is 0 Å². The van der Waals surface area contributed by atoms with Crippen LogP contribution in [0.15, 0.2) is 167 Å². The van der Waals surface area contributed by atoms with Crippen LogP contribution in [0, 0.1) is 0 Å². The van der Waals surface area contributed by atoms with Gasteiger partial charge in [0.1, 0.15) is 22.3 Å². The highest BCUT2D eigenvalue weighted by Crippen LogP contribution is 2.41. The summed E-state index contributed by atoms with van der Waals surface area (Å²) < 4.78 is 12.9. The van der Waals surface area contributed by atoms with Gasteiger partial charge in [-0.3, -0.25) is 0 Å². The van der Waals surface area contributed by atoms with Crippen molar-refractivity contribution in [2.24, 2.45) is 0 Å². The summed E-state index contributed by atoms with van der Waals surface area (Å²) in [5, 5.41) is 6.46. The molecule has 10 rings (SSSR count). The first-order valence-corrected chi connectivity index (χ1v) is 17.7. The van der Waals surface area contributed by atoms with Crippen LogP contribution in [0.1, 0.15) is 23.6 Å². The molecular formula is C48H31N3O2. The van der Waals surface area contributed by atoms with Gasteiger partial charge in [-0.1, -0.05) is 140 Å². The zero-order chi connectivity index (χ0) is 35.5. The largest absolute Gasteiger partial charge is 0.456 e. The molecule has 0 atom stereocenters. The Morgan fingerprint density at radius 3 is 2.02 bits per heavy atom. The highest BCUT2D eigenvalue weighted by atomic mass is 16.3. The molecule has 0 bridgehead atoms. The molecule has 0 aliphatic carbocycles. The second-order valence-electron chi connectivity index (χ2n) is 13.2. The van der Waals surface area contributed by atoms with Crippen LogP contribution in [0.25, 0.3) is 100 Å². The molecule has 53 heavy (non-hydrogen) atoms. The fourth-order valence-electron chi connectivity index (χ4n) is 7.53. The van der Waals surface area contributed by atoms with E-state index in [-0.39, 0.29) is 0 Å². The van der Waals surface area contributed by atoms with Crippen LogP contribution in [-0.4, -0.2) is 15.0 Å². The number of allylic oxidation sites excluding steroid dienone is 1. The minimum Gasteiger partial charge on any atom is -0.456 e. The van der Waals surface area contributed by atoms with Gasteiger partial charge in [0.05, 0.1) is 0 Å². The molecule has 3 aromatic heterocycles. The number of aromatic nitrogens is 3. The SMILES string of the molecule is C=C(c1cccc(-c2nc(-c3ccccc3)nc(-c3cccc4oc5ccccc5c34)n2)c1/C=C\C)c1cccc2c1oc1cc3ccccc3cc12. The van der Waals surface area contributed by atoms with Crippen LogP contribution in [0.2, 0.25) is 0 Å². The third-order valence-corrected chi connectivity index (χ3v) is 10.0. The van der Waals surface area contributed by atoms with Gasteiger partial charge in [-0.2, -0.15) is 0 Å². The highest BCUT2D eigenvalue weighted by molar-refractivity contribution is 6.13. The lowest BCUT2D eigenvalue weighted by Gasteiger charge is -2.15. The normalized spacial score (nSPS) is 11.9. The minimum atomic E-state index is 0.565. The van der Waals surface area contributed by atoms with E-state index in [2.05, 4.69) is 91.5 Å². The van der Waals surface area contributed by atoms with E-state index in [9.17, 15) is 0 Å². The van der Waals surface area contributed by atoms with Crippen molar-refractivity contribution in [1.82, 2.24) is 15.0 Å². The van der Waals surface area contributed by atoms with Crippen LogP contribution in [0.4, 0.5) is 0 Å². The number of hydrogen-bond donors (Lipinski definition) is 0. The minimum absolute atomic E-state index is 0.565. The summed E-state index contributed by atoms with van der Waals surface area (Å²) in [5.41, 5.74) is 9.63. The summed E-state index contributed by atoms with van der Waals surface area (Å²) in [5.74, 6) is 1.72. The average molecular weight is 682 g/mol. The number of rotatable bonds is 6. The van der Waals surface area contributed by atoms with Gasteiger partial charge in [-0.25, -0.2) is 15.0 Å². The Kier molecular flexibility index (Phi) is 7.12. The maximum Gasteiger partial charge on any atom is 0.164 e. The van der Waals surface area contributed by atoms with Crippen LogP contribution in [0.3, 0.4) is 0 Å². The third kappa shape index (κ3) is 5.05. The Labute approximate surface area is 305 Å². The standard InChI is InChI=1S/C48H31N3O2/c1-3-14-35-33(29(2)34-21-12-22-36-40-27-31-17-7-8-18-32(31)28-43(40)53-45(34)36)20-11-23-37(35)47-49-46(30-15-5-4-6-16-30)50-48(51-47)39-24-13-26-42-44(39)38-19-9-10-25-41(38)52-42/h3-28H,2H2,1H3/b14-3-. The van der Waals surface area contributed by atoms with E-state index in [0.717, 1.165) is 88.2 Å². The second-order valence-corrected chi connectivity index (χ2v) is 13.2. The number of para-hydroxylation sites is 2. The van der Waals surface area contributed by atoms with E-state index in [0.29, 0.717) is 17.5 Å². The molecule has 0 fully saturated rings. The van der Waals surface area contributed by atoms with E-state index in [1.807, 2.05) is 79.7 Å². The molecule has 0 unspecified atom stereocenters. The monoisotopic (exact) mass is 681 g/mol. The summed E-state index contributed by atoms with van der Waals surface area (Å²) in [6.45, 7) is 6.70. The fraction of sp³-hybridized carbons (Fsp3) is 0.0208. The highest BCUT2D eigenvalue weighted by Gasteiger charge is 2.21. The molecule has 0 radical (unpaired) electrons. The molecule has 5 nitrogen and oxygen atoms in total. The second kappa shape index (κ2) is 12.3. The molecular weight excluding hydrogens is 651 g/mol. The number of nitrogens with zero attached hydrogens (tertiary/aromatic N) is 3. The lowest BCUT2D eigenvalue weighted by atomic mass is 9.90. The van der Waals surface area contributed by atoms with Gasteiger partial charge < -0.3 is 8.83 Å². The summed E-state index contributed by atoms with van der Waals surface area (Å²) in [6, 6.07) is 49.4. The zero-order valence-electron chi connectivity index (χ0n) is 28.9. The molecule has 0 aliphatic rings. The molecule has 5 heteroatoms. The molecule has 0 amide bonds. The third-order valence-electron chi connectivity index (χ3n) is 10.0. The number of hydrogen-bond acceptors (Lipinski definition) is 5. The lowest BCUT2D eigenvalue weighted by molar-refractivity contribution is 0.668. The fourth-order valence-corrected chi connectivity index (χ4v) is 7.53. The smallest absolute Gasteiger partial charge is 0.164 e. The van der Waals surface area contributed by atoms with Crippen LogP contribution in [0.5, 0.6) is 0 Å². The summed E-state index contributed by atoms with van der Waals surface area (Å²) in [4.78, 5) is 15.4. The van der Waals surface area contributed by atoms with Crippen molar-refractivity contribution in [3.8, 4) is 34.2 Å². The summed E-state index contributed by atoms with van der Waals surface area (Å²) in [7, 11) is 0. The van der Waals surface area contributed by atoms with Crippen LogP contribution < -0.4 is 0 Å². The summed E-state index contributed by atoms with van der Waals surface area (Å²) in [6.07, 6.45) is 4.15. The van der Waals surface area contributed by atoms with Crippen molar-refractivity contribution in [3.05, 3.63) is 175 Å². The molecule has 250 valence electrons. The van der Waals surface area contributed by atoms with Gasteiger partial charge in [0.15, 0.2) is 17.5 Å². The Balaban J connectivity index is 1.17. The predicted molar refractivity (Wildman–Crippen MR) is 217 cm³/mol. The van der Waals surface area contributed by atoms with Gasteiger partial charge in [0, 0.05) is 43.8 Å². The predicted octanol–water partition coefficient (Wildman–Crippen LogP) is 12.9. The topological polar surface area (TPSA) is 65.0 Å². The van der Waals surface area contributed by atoms with Crippen molar-refractivity contribution in [3.63, 3.8) is 0 Å². The first kappa shape index (κ1) is 30.7. The van der Waals surface area contributed by atoms with E-state index < -0.39 is 0 Å². The Morgan fingerprint density at radius 1 is 0.528 bits per heavy atom. The van der Waals surface area contributed by atoms with Crippen molar-refractivity contribution < 1.29 is 8.83 Å². The first-order valence-electron chi connectivity index (χ1n) is 17.7. The molecule has 0 aliphatic heterocycles. The van der Waals surface area contributed by atoms with Gasteiger partial charge in [0.25, 0.3) is 0 Å². The number of furan rings is 2. The Hall–Kier alpha value is -7.11. The first-order chi connectivity index (χ1) is 26.1. The quantitative estimate of drug-likeness (QED) is 0.175. The van der Waals surface area contributed by atoms with Crippen molar-refractivity contribution in [1.29, 1.82) is 0 Å². The van der Waals surface area contributed by atoms with Crippen LogP contribution >= 0.6 is 0 Å². The average Bonchev–Trinajstić information content (AvgIpc) is 3.78. The van der Waals surface area contributed by atoms with E-state index in [1.54, 1.807) is 0 Å². The molecule has 0 spiro atoms. The van der Waals surface area contributed by atoms with Crippen molar-refractivity contribution in [2.75, 3.05) is 0 Å². The van der Waals surface area contributed by atoms with Gasteiger partial charge in [-0.15, -0.1) is 0 Å². The lowest BCUT2D eigenvalue weighted by Crippen LogP contribution is -2.02. The molecule has 0 saturated heterocycles. The van der Waals surface area contributed by atoms with Crippen molar-refractivity contribution >= 4 is 66.3 Å².